The first-order valence-corrected chi connectivity index (χ1v) is 12.3. The third-order valence-corrected chi connectivity index (χ3v) is 6.61. The van der Waals surface area contributed by atoms with E-state index in [0.717, 1.165) is 6.07 Å². The van der Waals surface area contributed by atoms with Crippen LogP contribution < -0.4 is 4.74 Å². The van der Waals surface area contributed by atoms with E-state index < -0.39 is 80.4 Å². The standard InChI is InChI=1S/C26H32O14/c27-9-16-18(31)20(33)22(35)25(38-16)37-10-17-19(32)21(34)23(36)26(39-17)40-24-12(7-14(29)8-15(24)30)4-1-11-2-5-13(28)6-3-11/h1-8,16-23,25-36H,9-10H2/b4-1+/t16-,17-,18-,19-,20+,21+,22-,23-,25-,26+/m1/s1. The summed E-state index contributed by atoms with van der Waals surface area (Å²) in [5, 5.41) is 101. The summed E-state index contributed by atoms with van der Waals surface area (Å²) in [6.45, 7) is -1.25. The van der Waals surface area contributed by atoms with E-state index >= 15 is 0 Å². The van der Waals surface area contributed by atoms with E-state index in [0.29, 0.717) is 5.56 Å². The van der Waals surface area contributed by atoms with Gasteiger partial charge in [0.15, 0.2) is 17.8 Å². The number of aliphatic hydroxyl groups excluding tert-OH is 7. The van der Waals surface area contributed by atoms with Gasteiger partial charge in [0.05, 0.1) is 13.2 Å². The lowest BCUT2D eigenvalue weighted by molar-refractivity contribution is -0.323. The zero-order valence-corrected chi connectivity index (χ0v) is 20.9. The molecule has 0 aliphatic carbocycles. The second kappa shape index (κ2) is 12.7. The lowest BCUT2D eigenvalue weighted by atomic mass is 9.98. The van der Waals surface area contributed by atoms with Gasteiger partial charge in [-0.2, -0.15) is 0 Å². The Labute approximate surface area is 227 Å². The molecule has 0 spiro atoms. The zero-order chi connectivity index (χ0) is 29.1. The van der Waals surface area contributed by atoms with E-state index in [4.69, 9.17) is 18.9 Å². The molecule has 0 aromatic heterocycles. The van der Waals surface area contributed by atoms with Crippen LogP contribution in [0.2, 0.25) is 0 Å². The SMILES string of the molecule is OC[C@H]1O[C@@H](OC[C@H]2O[C@@H](Oc3c(O)cc(O)cc3/C=C/c3ccc(O)cc3)[C@H](O)[C@@H](O)[C@@H]2O)[C@H](O)[C@@H](O)[C@@H]1O. The van der Waals surface area contributed by atoms with Gasteiger partial charge in [-0.1, -0.05) is 24.3 Å². The van der Waals surface area contributed by atoms with Gasteiger partial charge in [-0.15, -0.1) is 0 Å². The molecule has 2 aromatic carbocycles. The maximum Gasteiger partial charge on any atom is 0.229 e. The van der Waals surface area contributed by atoms with Crippen LogP contribution in [0.4, 0.5) is 0 Å². The second-order valence-corrected chi connectivity index (χ2v) is 9.47. The Morgan fingerprint density at radius 1 is 0.675 bits per heavy atom. The molecule has 0 saturated carbocycles. The molecule has 0 bridgehead atoms. The van der Waals surface area contributed by atoms with Gasteiger partial charge >= 0.3 is 0 Å². The minimum Gasteiger partial charge on any atom is -0.508 e. The van der Waals surface area contributed by atoms with Gasteiger partial charge < -0.3 is 70.0 Å². The normalized spacial score (nSPS) is 34.7. The first-order valence-electron chi connectivity index (χ1n) is 12.3. The highest BCUT2D eigenvalue weighted by molar-refractivity contribution is 5.75. The minimum atomic E-state index is -1.81. The van der Waals surface area contributed by atoms with Gasteiger partial charge in [0.2, 0.25) is 6.29 Å². The molecule has 0 unspecified atom stereocenters. The second-order valence-electron chi connectivity index (χ2n) is 9.47. The number of hydrogen-bond acceptors (Lipinski definition) is 14. The van der Waals surface area contributed by atoms with Crippen LogP contribution in [0, 0.1) is 0 Å². The topological polar surface area (TPSA) is 239 Å². The van der Waals surface area contributed by atoms with Crippen LogP contribution in [0.15, 0.2) is 36.4 Å². The number of benzene rings is 2. The van der Waals surface area contributed by atoms with Crippen LogP contribution in [0.1, 0.15) is 11.1 Å². The predicted molar refractivity (Wildman–Crippen MR) is 134 cm³/mol. The van der Waals surface area contributed by atoms with Crippen LogP contribution in [0.3, 0.4) is 0 Å². The summed E-state index contributed by atoms with van der Waals surface area (Å²) in [6, 6.07) is 8.38. The van der Waals surface area contributed by atoms with E-state index in [1.807, 2.05) is 0 Å². The molecule has 4 rings (SSSR count). The number of hydrogen-bond donors (Lipinski definition) is 10. The fourth-order valence-corrected chi connectivity index (χ4v) is 4.31. The highest BCUT2D eigenvalue weighted by atomic mass is 16.7. The summed E-state index contributed by atoms with van der Waals surface area (Å²) in [5.41, 5.74) is 0.806. The summed E-state index contributed by atoms with van der Waals surface area (Å²) >= 11 is 0. The van der Waals surface area contributed by atoms with Crippen molar-refractivity contribution in [3.05, 3.63) is 47.5 Å². The van der Waals surface area contributed by atoms with Gasteiger partial charge in [0.1, 0.15) is 60.3 Å². The Morgan fingerprint density at radius 3 is 1.93 bits per heavy atom. The lowest BCUT2D eigenvalue weighted by Gasteiger charge is -2.42. The average molecular weight is 569 g/mol. The molecule has 0 amide bonds. The van der Waals surface area contributed by atoms with Crippen molar-refractivity contribution in [2.75, 3.05) is 13.2 Å². The van der Waals surface area contributed by atoms with E-state index in [1.165, 1.54) is 24.3 Å². The molecule has 2 saturated heterocycles. The Bertz CT molecular complexity index is 1150. The molecule has 14 nitrogen and oxygen atoms in total. The highest BCUT2D eigenvalue weighted by Crippen LogP contribution is 2.38. The molecule has 10 N–H and O–H groups in total. The molecule has 220 valence electrons. The molecule has 2 aromatic rings. The third-order valence-electron chi connectivity index (χ3n) is 6.61. The zero-order valence-electron chi connectivity index (χ0n) is 20.9. The Kier molecular flexibility index (Phi) is 9.48. The van der Waals surface area contributed by atoms with Crippen molar-refractivity contribution in [2.24, 2.45) is 0 Å². The molecule has 2 aliphatic heterocycles. The number of phenolic OH excluding ortho intramolecular Hbond substituents is 3. The van der Waals surface area contributed by atoms with Crippen molar-refractivity contribution >= 4 is 12.2 Å². The fourth-order valence-electron chi connectivity index (χ4n) is 4.31. The first kappa shape index (κ1) is 30.0. The number of phenols is 3. The number of aromatic hydroxyl groups is 3. The Hall–Kier alpha value is -3.02. The van der Waals surface area contributed by atoms with Crippen LogP contribution in [-0.4, -0.2) is 126 Å². The molecule has 14 heteroatoms. The van der Waals surface area contributed by atoms with Gasteiger partial charge in [-0.3, -0.25) is 0 Å². The fraction of sp³-hybridized carbons (Fsp3) is 0.462. The molecule has 0 radical (unpaired) electrons. The quantitative estimate of drug-likeness (QED) is 0.155. The largest absolute Gasteiger partial charge is 0.508 e. The number of aliphatic hydroxyl groups is 7. The molecular formula is C26H32O14. The van der Waals surface area contributed by atoms with Crippen molar-refractivity contribution < 1.29 is 70.0 Å². The van der Waals surface area contributed by atoms with Gasteiger partial charge in [0.25, 0.3) is 0 Å². The van der Waals surface area contributed by atoms with Gasteiger partial charge in [0, 0.05) is 11.6 Å². The molecular weight excluding hydrogens is 536 g/mol. The van der Waals surface area contributed by atoms with Crippen molar-refractivity contribution in [3.8, 4) is 23.0 Å². The smallest absolute Gasteiger partial charge is 0.229 e. The van der Waals surface area contributed by atoms with E-state index in [9.17, 15) is 51.1 Å². The summed E-state index contributed by atoms with van der Waals surface area (Å²) in [5.74, 6) is -1.02. The van der Waals surface area contributed by atoms with Crippen LogP contribution in [0.25, 0.3) is 12.2 Å². The van der Waals surface area contributed by atoms with Crippen molar-refractivity contribution in [1.29, 1.82) is 0 Å². The van der Waals surface area contributed by atoms with Crippen molar-refractivity contribution in [1.82, 2.24) is 0 Å². The molecule has 2 fully saturated rings. The number of rotatable bonds is 8. The molecule has 10 atom stereocenters. The Balaban J connectivity index is 1.50. The maximum absolute atomic E-state index is 10.5. The van der Waals surface area contributed by atoms with Gasteiger partial charge in [-0.25, -0.2) is 0 Å². The Morgan fingerprint density at radius 2 is 1.27 bits per heavy atom. The summed E-state index contributed by atoms with van der Waals surface area (Å²) < 4.78 is 21.9. The summed E-state index contributed by atoms with van der Waals surface area (Å²) in [7, 11) is 0. The van der Waals surface area contributed by atoms with Crippen molar-refractivity contribution in [2.45, 2.75) is 61.4 Å². The third kappa shape index (κ3) is 6.47. The first-order chi connectivity index (χ1) is 19.0. The summed E-state index contributed by atoms with van der Waals surface area (Å²) in [4.78, 5) is 0. The van der Waals surface area contributed by atoms with Crippen molar-refractivity contribution in [3.63, 3.8) is 0 Å². The van der Waals surface area contributed by atoms with Crippen LogP contribution >= 0.6 is 0 Å². The monoisotopic (exact) mass is 568 g/mol. The molecule has 2 aliphatic rings. The summed E-state index contributed by atoms with van der Waals surface area (Å²) in [6.07, 6.45) is -13.1. The van der Waals surface area contributed by atoms with E-state index in [2.05, 4.69) is 0 Å². The predicted octanol–water partition coefficient (Wildman–Crippen LogP) is -2.02. The molecule has 40 heavy (non-hydrogen) atoms. The van der Waals surface area contributed by atoms with Crippen LogP contribution in [-0.2, 0) is 14.2 Å². The molecule has 2 heterocycles. The van der Waals surface area contributed by atoms with E-state index in [-0.39, 0.29) is 22.8 Å². The van der Waals surface area contributed by atoms with Gasteiger partial charge in [-0.05, 0) is 23.8 Å². The number of ether oxygens (including phenoxy) is 4. The maximum atomic E-state index is 10.5. The minimum absolute atomic E-state index is 0.0606. The van der Waals surface area contributed by atoms with Crippen LogP contribution in [0.5, 0.6) is 23.0 Å². The highest BCUT2D eigenvalue weighted by Gasteiger charge is 2.48. The average Bonchev–Trinajstić information content (AvgIpc) is 2.93. The van der Waals surface area contributed by atoms with E-state index in [1.54, 1.807) is 18.2 Å². The lowest BCUT2D eigenvalue weighted by Crippen LogP contribution is -2.62.